The Morgan fingerprint density at radius 1 is 1.13 bits per heavy atom. The van der Waals surface area contributed by atoms with Crippen LogP contribution >= 0.6 is 15.9 Å². The minimum Gasteiger partial charge on any atom is -0.472 e. The molecule has 2 heterocycles. The molecule has 1 aromatic heterocycles. The van der Waals surface area contributed by atoms with Crippen molar-refractivity contribution in [3.05, 3.63) is 16.8 Å². The molecule has 3 nitrogen and oxygen atoms in total. The number of furan rings is 1. The lowest BCUT2D eigenvalue weighted by molar-refractivity contribution is 0.00578. The predicted octanol–water partition coefficient (Wildman–Crippen LogP) is 2.34. The maximum atomic E-state index is 5.83. The molecule has 5 heteroatoms. The van der Waals surface area contributed by atoms with Crippen molar-refractivity contribution in [2.45, 2.75) is 38.9 Å². The zero-order chi connectivity index (χ0) is 11.3. The zero-order valence-corrected chi connectivity index (χ0v) is 10.9. The average molecular weight is 273 g/mol. The van der Waals surface area contributed by atoms with Gasteiger partial charge < -0.3 is 13.7 Å². The predicted molar refractivity (Wildman–Crippen MR) is 62.1 cm³/mol. The van der Waals surface area contributed by atoms with Crippen LogP contribution in [0, 0.1) is 0 Å². The topological polar surface area (TPSA) is 31.6 Å². The summed E-state index contributed by atoms with van der Waals surface area (Å²) in [6.45, 7) is 8.08. The molecule has 15 heavy (non-hydrogen) atoms. The summed E-state index contributed by atoms with van der Waals surface area (Å²) in [7, 11) is -0.415. The standard InChI is InChI=1S/C10H14BBrO3/c1-9(2)10(3,4)15-11(14-9)8-5-7(12)6-13-8/h5-6H,1-4H3. The minimum absolute atomic E-state index is 0.322. The van der Waals surface area contributed by atoms with Gasteiger partial charge in [0.2, 0.25) is 0 Å². The molecule has 0 atom stereocenters. The number of hydrogen-bond donors (Lipinski definition) is 0. The number of rotatable bonds is 1. The van der Waals surface area contributed by atoms with Gasteiger partial charge in [0.15, 0.2) is 0 Å². The molecule has 0 aliphatic carbocycles. The molecular weight excluding hydrogens is 259 g/mol. The third kappa shape index (κ3) is 1.88. The molecule has 1 aliphatic rings. The Kier molecular flexibility index (Phi) is 2.52. The van der Waals surface area contributed by atoms with Crippen molar-refractivity contribution in [2.75, 3.05) is 0 Å². The van der Waals surface area contributed by atoms with Gasteiger partial charge in [-0.2, -0.15) is 0 Å². The Morgan fingerprint density at radius 2 is 1.67 bits per heavy atom. The van der Waals surface area contributed by atoms with Crippen molar-refractivity contribution in [1.82, 2.24) is 0 Å². The molecule has 1 aliphatic heterocycles. The summed E-state index contributed by atoms with van der Waals surface area (Å²) >= 11 is 3.33. The quantitative estimate of drug-likeness (QED) is 0.736. The highest BCUT2D eigenvalue weighted by Gasteiger charge is 2.53. The Bertz CT molecular complexity index is 356. The number of halogens is 1. The smallest absolute Gasteiger partial charge is 0.472 e. The Hall–Kier alpha value is -0.255. The Morgan fingerprint density at radius 3 is 2.07 bits per heavy atom. The molecule has 1 fully saturated rings. The summed E-state index contributed by atoms with van der Waals surface area (Å²) in [5.74, 6) is 0. The summed E-state index contributed by atoms with van der Waals surface area (Å²) in [4.78, 5) is 0. The normalized spacial score (nSPS) is 23.4. The molecule has 0 saturated carbocycles. The molecule has 2 rings (SSSR count). The third-order valence-electron chi connectivity index (χ3n) is 3.07. The second kappa shape index (κ2) is 3.37. The van der Waals surface area contributed by atoms with Crippen LogP contribution in [0.4, 0.5) is 0 Å². The molecule has 1 saturated heterocycles. The first-order chi connectivity index (χ1) is 6.82. The van der Waals surface area contributed by atoms with Crippen LogP contribution in [-0.4, -0.2) is 18.3 Å². The first-order valence-corrected chi connectivity index (χ1v) is 5.71. The molecule has 0 N–H and O–H groups in total. The van der Waals surface area contributed by atoms with Gasteiger partial charge in [0, 0.05) is 0 Å². The summed E-state index contributed by atoms with van der Waals surface area (Å²) in [6.07, 6.45) is 1.63. The highest BCUT2D eigenvalue weighted by atomic mass is 79.9. The monoisotopic (exact) mass is 272 g/mol. The molecule has 0 bridgehead atoms. The van der Waals surface area contributed by atoms with Gasteiger partial charge in [-0.25, -0.2) is 0 Å². The van der Waals surface area contributed by atoms with Crippen molar-refractivity contribution in [3.63, 3.8) is 0 Å². The van der Waals surface area contributed by atoms with E-state index in [4.69, 9.17) is 13.7 Å². The van der Waals surface area contributed by atoms with E-state index >= 15 is 0 Å². The lowest BCUT2D eigenvalue weighted by Gasteiger charge is -2.32. The van der Waals surface area contributed by atoms with E-state index in [9.17, 15) is 0 Å². The van der Waals surface area contributed by atoms with E-state index in [1.165, 1.54) is 0 Å². The fourth-order valence-electron chi connectivity index (χ4n) is 1.41. The number of hydrogen-bond acceptors (Lipinski definition) is 3. The van der Waals surface area contributed by atoms with E-state index in [-0.39, 0.29) is 11.2 Å². The second-order valence-electron chi connectivity index (χ2n) is 4.76. The maximum absolute atomic E-state index is 5.83. The maximum Gasteiger partial charge on any atom is 0.532 e. The second-order valence-corrected chi connectivity index (χ2v) is 5.67. The fraction of sp³-hybridized carbons (Fsp3) is 0.600. The lowest BCUT2D eigenvalue weighted by atomic mass is 9.86. The first-order valence-electron chi connectivity index (χ1n) is 4.91. The van der Waals surface area contributed by atoms with Crippen LogP contribution in [0.1, 0.15) is 27.7 Å². The van der Waals surface area contributed by atoms with Gasteiger partial charge in [-0.1, -0.05) is 0 Å². The van der Waals surface area contributed by atoms with Gasteiger partial charge in [0.1, 0.15) is 11.9 Å². The molecule has 0 amide bonds. The zero-order valence-electron chi connectivity index (χ0n) is 9.33. The van der Waals surface area contributed by atoms with Crippen LogP contribution < -0.4 is 5.66 Å². The van der Waals surface area contributed by atoms with E-state index < -0.39 is 7.12 Å². The van der Waals surface area contributed by atoms with Crippen molar-refractivity contribution in [1.29, 1.82) is 0 Å². The van der Waals surface area contributed by atoms with Crippen LogP contribution in [0.3, 0.4) is 0 Å². The lowest BCUT2D eigenvalue weighted by Crippen LogP contribution is -2.41. The third-order valence-corrected chi connectivity index (χ3v) is 3.49. The summed E-state index contributed by atoms with van der Waals surface area (Å²) in [5.41, 5.74) is 0.0500. The Labute approximate surface area is 98.4 Å². The average Bonchev–Trinajstić information content (AvgIpc) is 2.56. The Balaban J connectivity index is 2.23. The largest absolute Gasteiger partial charge is 0.532 e. The van der Waals surface area contributed by atoms with Gasteiger partial charge >= 0.3 is 7.12 Å². The van der Waals surface area contributed by atoms with E-state index in [0.717, 1.165) is 4.47 Å². The van der Waals surface area contributed by atoms with Crippen LogP contribution in [0.25, 0.3) is 0 Å². The molecule has 1 aromatic rings. The summed E-state index contributed by atoms with van der Waals surface area (Å²) in [5, 5.41) is 0. The van der Waals surface area contributed by atoms with E-state index in [1.54, 1.807) is 6.26 Å². The molecule has 0 spiro atoms. The summed E-state index contributed by atoms with van der Waals surface area (Å²) < 4.78 is 17.9. The fourth-order valence-corrected chi connectivity index (χ4v) is 1.73. The van der Waals surface area contributed by atoms with E-state index in [2.05, 4.69) is 15.9 Å². The molecule has 0 radical (unpaired) electrons. The van der Waals surface area contributed by atoms with Gasteiger partial charge in [-0.3, -0.25) is 0 Å². The summed E-state index contributed by atoms with van der Waals surface area (Å²) in [6, 6.07) is 1.86. The van der Waals surface area contributed by atoms with Gasteiger partial charge in [-0.05, 0) is 49.7 Å². The van der Waals surface area contributed by atoms with Gasteiger partial charge in [0.25, 0.3) is 0 Å². The van der Waals surface area contributed by atoms with E-state index in [0.29, 0.717) is 5.66 Å². The molecule has 82 valence electrons. The first kappa shape index (κ1) is 11.2. The molecular formula is C10H14BBrO3. The van der Waals surface area contributed by atoms with Crippen LogP contribution in [0.15, 0.2) is 21.2 Å². The minimum atomic E-state index is -0.415. The van der Waals surface area contributed by atoms with Gasteiger partial charge in [0.05, 0.1) is 15.7 Å². The van der Waals surface area contributed by atoms with Crippen LogP contribution in [-0.2, 0) is 9.31 Å². The van der Waals surface area contributed by atoms with Crippen molar-refractivity contribution < 1.29 is 13.7 Å². The molecule has 0 aromatic carbocycles. The highest BCUT2D eigenvalue weighted by molar-refractivity contribution is 9.10. The van der Waals surface area contributed by atoms with Crippen LogP contribution in [0.2, 0.25) is 0 Å². The van der Waals surface area contributed by atoms with Crippen molar-refractivity contribution in [3.8, 4) is 0 Å². The van der Waals surface area contributed by atoms with Crippen molar-refractivity contribution >= 4 is 28.7 Å². The SMILES string of the molecule is CC1(C)OB(c2cc(Br)co2)OC1(C)C. The van der Waals surface area contributed by atoms with E-state index in [1.807, 2.05) is 33.8 Å². The molecule has 0 unspecified atom stereocenters. The van der Waals surface area contributed by atoms with Crippen molar-refractivity contribution in [2.24, 2.45) is 0 Å². The van der Waals surface area contributed by atoms with Crippen LogP contribution in [0.5, 0.6) is 0 Å². The highest BCUT2D eigenvalue weighted by Crippen LogP contribution is 2.36. The van der Waals surface area contributed by atoms with Gasteiger partial charge in [-0.15, -0.1) is 0 Å².